The van der Waals surface area contributed by atoms with Gasteiger partial charge in [-0.25, -0.2) is 4.79 Å². The first-order valence-corrected chi connectivity index (χ1v) is 3.87. The molecule has 1 rings (SSSR count). The fourth-order valence-electron chi connectivity index (χ4n) is 1.24. The standard InChI is InChI=1S/C9H10O5/c1-4-5(3-10)8(9(13)14)7(12)2-6(4)11/h2,10-12H,3H2,1H3,(H,13,14). The molecule has 0 bridgehead atoms. The van der Waals surface area contributed by atoms with E-state index in [-0.39, 0.29) is 22.4 Å². The summed E-state index contributed by atoms with van der Waals surface area (Å²) >= 11 is 0. The van der Waals surface area contributed by atoms with E-state index in [1.54, 1.807) is 0 Å². The van der Waals surface area contributed by atoms with Gasteiger partial charge in [-0.3, -0.25) is 0 Å². The highest BCUT2D eigenvalue weighted by molar-refractivity contribution is 5.93. The number of carboxylic acid groups (broad SMARTS) is 1. The fraction of sp³-hybridized carbons (Fsp3) is 0.222. The number of aromatic hydroxyl groups is 2. The first-order valence-electron chi connectivity index (χ1n) is 3.87. The van der Waals surface area contributed by atoms with Gasteiger partial charge in [0.15, 0.2) is 0 Å². The van der Waals surface area contributed by atoms with Crippen molar-refractivity contribution in [1.82, 2.24) is 0 Å². The Labute approximate surface area is 79.9 Å². The Morgan fingerprint density at radius 3 is 2.36 bits per heavy atom. The monoisotopic (exact) mass is 198 g/mol. The molecule has 0 saturated heterocycles. The average Bonchev–Trinajstić information content (AvgIpc) is 2.09. The van der Waals surface area contributed by atoms with Gasteiger partial charge < -0.3 is 20.4 Å². The molecule has 0 amide bonds. The van der Waals surface area contributed by atoms with Crippen LogP contribution in [-0.2, 0) is 6.61 Å². The van der Waals surface area contributed by atoms with Gasteiger partial charge in [0, 0.05) is 11.6 Å². The van der Waals surface area contributed by atoms with Gasteiger partial charge in [0.1, 0.15) is 17.1 Å². The van der Waals surface area contributed by atoms with E-state index in [0.717, 1.165) is 6.07 Å². The summed E-state index contributed by atoms with van der Waals surface area (Å²) < 4.78 is 0. The molecule has 0 radical (unpaired) electrons. The molecule has 0 aliphatic rings. The largest absolute Gasteiger partial charge is 0.508 e. The zero-order valence-electron chi connectivity index (χ0n) is 7.48. The molecule has 5 nitrogen and oxygen atoms in total. The van der Waals surface area contributed by atoms with Crippen LogP contribution in [0.15, 0.2) is 6.07 Å². The molecule has 14 heavy (non-hydrogen) atoms. The normalized spacial score (nSPS) is 10.1. The van der Waals surface area contributed by atoms with E-state index in [4.69, 9.17) is 10.2 Å². The van der Waals surface area contributed by atoms with Crippen LogP contribution in [0.25, 0.3) is 0 Å². The molecule has 4 N–H and O–H groups in total. The molecule has 76 valence electrons. The molecule has 0 atom stereocenters. The zero-order chi connectivity index (χ0) is 10.9. The zero-order valence-corrected chi connectivity index (χ0v) is 7.48. The van der Waals surface area contributed by atoms with Crippen LogP contribution in [0, 0.1) is 6.92 Å². The summed E-state index contributed by atoms with van der Waals surface area (Å²) in [4.78, 5) is 10.7. The number of hydrogen-bond acceptors (Lipinski definition) is 4. The Bertz CT molecular complexity index is 383. The van der Waals surface area contributed by atoms with Crippen molar-refractivity contribution in [3.63, 3.8) is 0 Å². The molecule has 0 aliphatic heterocycles. The Kier molecular flexibility index (Phi) is 2.62. The summed E-state index contributed by atoms with van der Waals surface area (Å²) in [7, 11) is 0. The number of phenols is 2. The smallest absolute Gasteiger partial charge is 0.339 e. The lowest BCUT2D eigenvalue weighted by atomic mass is 10.0. The van der Waals surface area contributed by atoms with Gasteiger partial charge >= 0.3 is 5.97 Å². The third-order valence-corrected chi connectivity index (χ3v) is 2.04. The highest BCUT2D eigenvalue weighted by Gasteiger charge is 2.19. The lowest BCUT2D eigenvalue weighted by Crippen LogP contribution is -2.05. The van der Waals surface area contributed by atoms with E-state index in [0.29, 0.717) is 0 Å². The molecule has 0 saturated carbocycles. The molecule has 0 aliphatic carbocycles. The van der Waals surface area contributed by atoms with Crippen LogP contribution in [0.1, 0.15) is 21.5 Å². The van der Waals surface area contributed by atoms with Gasteiger partial charge in [-0.15, -0.1) is 0 Å². The van der Waals surface area contributed by atoms with Crippen LogP contribution < -0.4 is 0 Å². The summed E-state index contributed by atoms with van der Waals surface area (Å²) in [6.07, 6.45) is 0. The molecular formula is C9H10O5. The number of phenolic OH excluding ortho intramolecular Hbond substituents is 1. The topological polar surface area (TPSA) is 98.0 Å². The van der Waals surface area contributed by atoms with Crippen molar-refractivity contribution in [2.45, 2.75) is 13.5 Å². The molecule has 0 heterocycles. The predicted octanol–water partition coefficient (Wildman–Crippen LogP) is 0.597. The number of aliphatic hydroxyl groups excluding tert-OH is 1. The highest BCUT2D eigenvalue weighted by atomic mass is 16.4. The third kappa shape index (κ3) is 1.49. The first kappa shape index (κ1) is 10.3. The third-order valence-electron chi connectivity index (χ3n) is 2.04. The van der Waals surface area contributed by atoms with Crippen molar-refractivity contribution < 1.29 is 25.2 Å². The van der Waals surface area contributed by atoms with E-state index in [9.17, 15) is 15.0 Å². The minimum atomic E-state index is -1.34. The van der Waals surface area contributed by atoms with E-state index in [1.165, 1.54) is 6.92 Å². The maximum atomic E-state index is 10.7. The number of carbonyl (C=O) groups is 1. The van der Waals surface area contributed by atoms with Crippen molar-refractivity contribution in [1.29, 1.82) is 0 Å². The van der Waals surface area contributed by atoms with E-state index in [2.05, 4.69) is 0 Å². The summed E-state index contributed by atoms with van der Waals surface area (Å²) in [6, 6.07) is 0.942. The van der Waals surface area contributed by atoms with Crippen molar-refractivity contribution in [2.75, 3.05) is 0 Å². The molecule has 5 heteroatoms. The van der Waals surface area contributed by atoms with Crippen LogP contribution in [0.2, 0.25) is 0 Å². The van der Waals surface area contributed by atoms with Crippen LogP contribution in [-0.4, -0.2) is 26.4 Å². The number of benzene rings is 1. The van der Waals surface area contributed by atoms with Gasteiger partial charge in [-0.05, 0) is 12.5 Å². The maximum Gasteiger partial charge on any atom is 0.339 e. The Balaban J connectivity index is 3.55. The van der Waals surface area contributed by atoms with Crippen molar-refractivity contribution in [3.8, 4) is 11.5 Å². The minimum absolute atomic E-state index is 0.0231. The maximum absolute atomic E-state index is 10.7. The van der Waals surface area contributed by atoms with Gasteiger partial charge in [0.2, 0.25) is 0 Å². The quantitative estimate of drug-likeness (QED) is 0.557. The van der Waals surface area contributed by atoms with E-state index >= 15 is 0 Å². The van der Waals surface area contributed by atoms with E-state index < -0.39 is 18.3 Å². The highest BCUT2D eigenvalue weighted by Crippen LogP contribution is 2.31. The number of aromatic carboxylic acids is 1. The second-order valence-electron chi connectivity index (χ2n) is 2.86. The van der Waals surface area contributed by atoms with Crippen molar-refractivity contribution >= 4 is 5.97 Å². The number of rotatable bonds is 2. The Hall–Kier alpha value is -1.75. The number of hydrogen-bond donors (Lipinski definition) is 4. The molecule has 0 aromatic heterocycles. The second kappa shape index (κ2) is 3.55. The van der Waals surface area contributed by atoms with Crippen molar-refractivity contribution in [3.05, 3.63) is 22.8 Å². The van der Waals surface area contributed by atoms with Crippen LogP contribution in [0.3, 0.4) is 0 Å². The van der Waals surface area contributed by atoms with Crippen LogP contribution >= 0.6 is 0 Å². The van der Waals surface area contributed by atoms with Crippen molar-refractivity contribution in [2.24, 2.45) is 0 Å². The van der Waals surface area contributed by atoms with Gasteiger partial charge in [0.25, 0.3) is 0 Å². The minimum Gasteiger partial charge on any atom is -0.508 e. The molecule has 0 unspecified atom stereocenters. The molecular weight excluding hydrogens is 188 g/mol. The number of carboxylic acids is 1. The average molecular weight is 198 g/mol. The second-order valence-corrected chi connectivity index (χ2v) is 2.86. The van der Waals surface area contributed by atoms with Crippen LogP contribution in [0.5, 0.6) is 11.5 Å². The fourth-order valence-corrected chi connectivity index (χ4v) is 1.24. The summed E-state index contributed by atoms with van der Waals surface area (Å²) in [5.41, 5.74) is -0.0968. The van der Waals surface area contributed by atoms with Gasteiger partial charge in [0.05, 0.1) is 6.61 Å². The summed E-state index contributed by atoms with van der Waals surface area (Å²) in [5, 5.41) is 36.2. The summed E-state index contributed by atoms with van der Waals surface area (Å²) in [5.74, 6) is -2.13. The Morgan fingerprint density at radius 2 is 1.93 bits per heavy atom. The lowest BCUT2D eigenvalue weighted by Gasteiger charge is -2.10. The van der Waals surface area contributed by atoms with E-state index in [1.807, 2.05) is 0 Å². The predicted molar refractivity (Wildman–Crippen MR) is 47.4 cm³/mol. The SMILES string of the molecule is Cc1c(O)cc(O)c(C(=O)O)c1CO. The Morgan fingerprint density at radius 1 is 1.36 bits per heavy atom. The van der Waals surface area contributed by atoms with Crippen LogP contribution in [0.4, 0.5) is 0 Å². The molecule has 1 aromatic rings. The first-order chi connectivity index (χ1) is 6.49. The van der Waals surface area contributed by atoms with Gasteiger partial charge in [-0.1, -0.05) is 0 Å². The van der Waals surface area contributed by atoms with Gasteiger partial charge in [-0.2, -0.15) is 0 Å². The number of aliphatic hydroxyl groups is 1. The summed E-state index contributed by atoms with van der Waals surface area (Å²) in [6.45, 7) is 0.919. The molecule has 0 spiro atoms. The lowest BCUT2D eigenvalue weighted by molar-refractivity contribution is 0.0689. The molecule has 1 aromatic carbocycles. The molecule has 0 fully saturated rings.